The quantitative estimate of drug-likeness (QED) is 0.412. The zero-order chi connectivity index (χ0) is 6.78. The lowest BCUT2D eigenvalue weighted by Crippen LogP contribution is -2.17. The van der Waals surface area contributed by atoms with Crippen LogP contribution in [0.4, 0.5) is 17.6 Å². The summed E-state index contributed by atoms with van der Waals surface area (Å²) in [5.41, 5.74) is 0. The maximum atomic E-state index is 10.7. The summed E-state index contributed by atoms with van der Waals surface area (Å²) < 4.78 is 44.6. The van der Waals surface area contributed by atoms with E-state index in [0.717, 1.165) is 0 Å². The van der Waals surface area contributed by atoms with Crippen LogP contribution >= 0.6 is 0 Å². The highest BCUT2D eigenvalue weighted by Crippen LogP contribution is 2.19. The van der Waals surface area contributed by atoms with Gasteiger partial charge >= 0.3 is 12.9 Å². The van der Waals surface area contributed by atoms with Gasteiger partial charge in [0.05, 0.1) is 0 Å². The van der Waals surface area contributed by atoms with Gasteiger partial charge < -0.3 is 0 Å². The minimum atomic E-state index is -5.02. The van der Waals surface area contributed by atoms with Crippen LogP contribution < -0.4 is 0 Å². The number of rotatable bonds is 2. The molecule has 0 aromatic heterocycles. The molecule has 0 aliphatic carbocycles. The lowest BCUT2D eigenvalue weighted by atomic mass is 11.2. The molecule has 8 heavy (non-hydrogen) atoms. The normalized spacial score (nSPS) is 12.8. The van der Waals surface area contributed by atoms with Gasteiger partial charge in [0.15, 0.2) is 0 Å². The minimum absolute atomic E-state index is 2.13. The molecule has 2 nitrogen and oxygen atoms in total. The molecule has 6 heteroatoms. The summed E-state index contributed by atoms with van der Waals surface area (Å²) in [5, 5.41) is 8.86. The average Bonchev–Trinajstić information content (AvgIpc) is 1.21. The lowest BCUT2D eigenvalue weighted by molar-refractivity contribution is -0.414. The van der Waals surface area contributed by atoms with Crippen LogP contribution in [0, 0.1) is 6.61 Å². The van der Waals surface area contributed by atoms with E-state index < -0.39 is 12.9 Å². The fourth-order valence-electron chi connectivity index (χ4n) is 0.0898. The Balaban J connectivity index is 3.39. The molecule has 0 aromatic carbocycles. The van der Waals surface area contributed by atoms with E-state index in [0.29, 0.717) is 0 Å². The van der Waals surface area contributed by atoms with E-state index >= 15 is 0 Å². The van der Waals surface area contributed by atoms with Gasteiger partial charge in [0.2, 0.25) is 0 Å². The van der Waals surface area contributed by atoms with Crippen LogP contribution in [0.15, 0.2) is 0 Å². The van der Waals surface area contributed by atoms with Crippen LogP contribution in [-0.4, -0.2) is 6.29 Å². The number of hydrogen-bond donors (Lipinski definition) is 0. The largest absolute Gasteiger partial charge is 0.517 e. The van der Waals surface area contributed by atoms with Gasteiger partial charge in [0.25, 0.3) is 0 Å². The summed E-state index contributed by atoms with van der Waals surface area (Å²) in [6.07, 6.45) is -5.02. The number of alkyl halides is 2. The Morgan fingerprint density at radius 2 is 1.75 bits per heavy atom. The highest BCUT2D eigenvalue weighted by atomic mass is 19.3. The first kappa shape index (κ1) is 7.64. The average molecular weight is 132 g/mol. The van der Waals surface area contributed by atoms with Gasteiger partial charge in [-0.15, -0.1) is 13.9 Å². The van der Waals surface area contributed by atoms with Crippen molar-refractivity contribution in [2.75, 3.05) is 0 Å². The van der Waals surface area contributed by atoms with Crippen molar-refractivity contribution in [2.24, 2.45) is 0 Å². The Hall–Kier alpha value is -0.360. The summed E-state index contributed by atoms with van der Waals surface area (Å²) in [5.74, 6) is 0. The molecule has 0 heterocycles. The van der Waals surface area contributed by atoms with Crippen molar-refractivity contribution in [1.82, 2.24) is 0 Å². The lowest BCUT2D eigenvalue weighted by Gasteiger charge is -2.01. The van der Waals surface area contributed by atoms with Gasteiger partial charge in [-0.2, -0.15) is 8.78 Å². The molecular weight excluding hydrogens is 132 g/mol. The fraction of sp³-hybridized carbons (Fsp3) is 0.500. The third-order valence-electron chi connectivity index (χ3n) is 0.196. The molecule has 0 N–H and O–H groups in total. The molecule has 0 rings (SSSR count). The minimum Gasteiger partial charge on any atom is -0.221 e. The SMILES string of the molecule is [O]C(F)(F)O[C](F)F. The highest BCUT2D eigenvalue weighted by Gasteiger charge is 2.34. The van der Waals surface area contributed by atoms with Crippen molar-refractivity contribution in [3.63, 3.8) is 0 Å². The summed E-state index contributed by atoms with van der Waals surface area (Å²) in [6.45, 7) is -3.04. The smallest absolute Gasteiger partial charge is 0.221 e. The number of ether oxygens (including phenoxy) is 1. The molecule has 0 unspecified atom stereocenters. The van der Waals surface area contributed by atoms with Gasteiger partial charge in [0.1, 0.15) is 0 Å². The molecule has 0 aliphatic rings. The Morgan fingerprint density at radius 3 is 1.75 bits per heavy atom. The first-order chi connectivity index (χ1) is 3.42. The zero-order valence-corrected chi connectivity index (χ0v) is 3.33. The first-order valence-electron chi connectivity index (χ1n) is 1.37. The van der Waals surface area contributed by atoms with E-state index in [4.69, 9.17) is 5.11 Å². The van der Waals surface area contributed by atoms with Crippen molar-refractivity contribution in [1.29, 1.82) is 0 Å². The molecule has 0 bridgehead atoms. The first-order valence-corrected chi connectivity index (χ1v) is 1.37. The summed E-state index contributed by atoms with van der Waals surface area (Å²) in [4.78, 5) is 0. The van der Waals surface area contributed by atoms with Crippen LogP contribution in [0.3, 0.4) is 0 Å². The second-order valence-electron chi connectivity index (χ2n) is 0.791. The van der Waals surface area contributed by atoms with Crippen molar-refractivity contribution >= 4 is 0 Å². The maximum Gasteiger partial charge on any atom is 0.517 e. The summed E-state index contributed by atoms with van der Waals surface area (Å²) >= 11 is 0. The molecule has 0 aliphatic heterocycles. The van der Waals surface area contributed by atoms with Gasteiger partial charge in [-0.05, 0) is 0 Å². The molecule has 0 spiro atoms. The summed E-state index contributed by atoms with van der Waals surface area (Å²) in [7, 11) is 0. The van der Waals surface area contributed by atoms with Gasteiger partial charge in [0, 0.05) is 0 Å². The van der Waals surface area contributed by atoms with Crippen molar-refractivity contribution in [3.05, 3.63) is 6.61 Å². The Morgan fingerprint density at radius 1 is 1.38 bits per heavy atom. The second-order valence-corrected chi connectivity index (χ2v) is 0.791. The fourth-order valence-corrected chi connectivity index (χ4v) is 0.0898. The van der Waals surface area contributed by atoms with Gasteiger partial charge in [-0.1, -0.05) is 0 Å². The molecule has 0 saturated heterocycles. The summed E-state index contributed by atoms with van der Waals surface area (Å²) in [6, 6.07) is 0. The van der Waals surface area contributed by atoms with E-state index in [1.54, 1.807) is 0 Å². The predicted molar refractivity (Wildman–Crippen MR) is 12.2 cm³/mol. The van der Waals surface area contributed by atoms with E-state index in [1.807, 2.05) is 0 Å². The monoisotopic (exact) mass is 132 g/mol. The van der Waals surface area contributed by atoms with Gasteiger partial charge in [-0.25, -0.2) is 4.74 Å². The highest BCUT2D eigenvalue weighted by molar-refractivity contribution is 4.37. The number of halogens is 4. The Bertz CT molecular complexity index is 66.9. The number of hydrogen-bond acceptors (Lipinski definition) is 1. The topological polar surface area (TPSA) is 29.1 Å². The molecule has 0 fully saturated rings. The Labute approximate surface area is 41.7 Å². The third kappa shape index (κ3) is 5.64. The van der Waals surface area contributed by atoms with Crippen LogP contribution in [0.25, 0.3) is 0 Å². The molecule has 0 saturated carbocycles. The second kappa shape index (κ2) is 2.27. The van der Waals surface area contributed by atoms with Crippen LogP contribution in [0.1, 0.15) is 0 Å². The van der Waals surface area contributed by atoms with Crippen LogP contribution in [-0.2, 0) is 9.84 Å². The van der Waals surface area contributed by atoms with Crippen molar-refractivity contribution in [2.45, 2.75) is 6.29 Å². The molecule has 2 radical (unpaired) electrons. The molecule has 0 aromatic rings. The van der Waals surface area contributed by atoms with Crippen LogP contribution in [0.5, 0.6) is 0 Å². The van der Waals surface area contributed by atoms with E-state index in [1.165, 1.54) is 0 Å². The standard InChI is InChI=1S/C2F4O2/c3-1(4)8-2(5,6)7. The van der Waals surface area contributed by atoms with E-state index in [-0.39, 0.29) is 0 Å². The third-order valence-corrected chi connectivity index (χ3v) is 0.196. The molecular formula is C2F4O2. The molecule has 0 amide bonds. The van der Waals surface area contributed by atoms with E-state index in [9.17, 15) is 17.6 Å². The van der Waals surface area contributed by atoms with Crippen molar-refractivity contribution in [3.8, 4) is 0 Å². The van der Waals surface area contributed by atoms with Crippen LogP contribution in [0.2, 0.25) is 0 Å². The molecule has 48 valence electrons. The van der Waals surface area contributed by atoms with E-state index in [2.05, 4.69) is 4.74 Å². The van der Waals surface area contributed by atoms with Gasteiger partial charge in [-0.3, -0.25) is 0 Å². The Kier molecular flexibility index (Phi) is 2.17. The predicted octanol–water partition coefficient (Wildman–Crippen LogP) is 1.37. The maximum absolute atomic E-state index is 10.7. The molecule has 0 atom stereocenters. The zero-order valence-electron chi connectivity index (χ0n) is 3.33. The van der Waals surface area contributed by atoms with Crippen molar-refractivity contribution < 1.29 is 27.4 Å².